The van der Waals surface area contributed by atoms with E-state index >= 15 is 0 Å². The Labute approximate surface area is 154 Å². The zero-order chi connectivity index (χ0) is 19.1. The van der Waals surface area contributed by atoms with Gasteiger partial charge in [0.1, 0.15) is 11.9 Å². The molecule has 1 saturated heterocycles. The largest absolute Gasteiger partial charge is 0.503 e. The molecule has 0 spiro atoms. The third kappa shape index (κ3) is 2.97. The highest BCUT2D eigenvalue weighted by atomic mass is 19.1. The van der Waals surface area contributed by atoms with Crippen LogP contribution in [0.1, 0.15) is 28.9 Å². The monoisotopic (exact) mass is 371 g/mol. The summed E-state index contributed by atoms with van der Waals surface area (Å²) in [6, 6.07) is 6.21. The van der Waals surface area contributed by atoms with Gasteiger partial charge in [0, 0.05) is 25.4 Å². The van der Waals surface area contributed by atoms with E-state index in [1.165, 1.54) is 29.3 Å². The number of halogens is 1. The van der Waals surface area contributed by atoms with E-state index in [1.807, 2.05) is 0 Å². The Morgan fingerprint density at radius 3 is 2.67 bits per heavy atom. The Bertz CT molecular complexity index is 970. The van der Waals surface area contributed by atoms with E-state index in [9.17, 15) is 23.9 Å². The first-order valence-corrected chi connectivity index (χ1v) is 8.73. The van der Waals surface area contributed by atoms with Crippen LogP contribution in [0.25, 0.3) is 0 Å². The molecule has 140 valence electrons. The number of pyridine rings is 1. The molecule has 0 radical (unpaired) electrons. The van der Waals surface area contributed by atoms with Crippen LogP contribution in [0, 0.1) is 5.82 Å². The lowest BCUT2D eigenvalue weighted by Gasteiger charge is -2.35. The van der Waals surface area contributed by atoms with Crippen molar-refractivity contribution in [3.05, 3.63) is 63.8 Å². The second kappa shape index (κ2) is 6.53. The smallest absolute Gasteiger partial charge is 0.275 e. The van der Waals surface area contributed by atoms with Crippen molar-refractivity contribution < 1.29 is 19.1 Å². The Morgan fingerprint density at radius 1 is 1.19 bits per heavy atom. The standard InChI is InChI=1S/C19H18FN3O4/c20-12-3-1-11(2-4-12)9-21-18(26)14-6-5-13-10-22-8-7-15(24)17(25)16(22)19(27)23(13)14/h1-4,7-8,13-14,25H,5-6,9-10H2,(H,21,26)/t13-,14?/m1/s1. The highest BCUT2D eigenvalue weighted by Gasteiger charge is 2.45. The number of nitrogens with zero attached hydrogens (tertiary/aromatic N) is 2. The summed E-state index contributed by atoms with van der Waals surface area (Å²) in [6.07, 6.45) is 2.66. The number of fused-ring (bicyclic) bond motifs is 2. The van der Waals surface area contributed by atoms with Crippen LogP contribution >= 0.6 is 0 Å². The molecule has 0 bridgehead atoms. The SMILES string of the molecule is O=C(NCc1ccc(F)cc1)C1CC[C@@H]2Cn3ccc(=O)c(O)c3C(=O)N12. The molecule has 1 fully saturated rings. The maximum Gasteiger partial charge on any atom is 0.275 e. The predicted molar refractivity (Wildman–Crippen MR) is 93.6 cm³/mol. The molecule has 4 rings (SSSR count). The van der Waals surface area contributed by atoms with E-state index in [1.54, 1.807) is 16.7 Å². The van der Waals surface area contributed by atoms with Crippen LogP contribution in [0.15, 0.2) is 41.3 Å². The van der Waals surface area contributed by atoms with E-state index in [2.05, 4.69) is 5.32 Å². The van der Waals surface area contributed by atoms with Gasteiger partial charge in [0.15, 0.2) is 11.4 Å². The highest BCUT2D eigenvalue weighted by molar-refractivity contribution is 5.99. The van der Waals surface area contributed by atoms with Crippen LogP contribution in [0.3, 0.4) is 0 Å². The molecule has 1 aromatic carbocycles. The molecule has 8 heteroatoms. The van der Waals surface area contributed by atoms with Crippen LogP contribution in [0.5, 0.6) is 5.75 Å². The normalized spacial score (nSPS) is 20.9. The van der Waals surface area contributed by atoms with E-state index < -0.39 is 23.1 Å². The lowest BCUT2D eigenvalue weighted by atomic mass is 10.1. The van der Waals surface area contributed by atoms with Gasteiger partial charge < -0.3 is 19.9 Å². The van der Waals surface area contributed by atoms with Crippen molar-refractivity contribution in [1.29, 1.82) is 0 Å². The molecule has 2 atom stereocenters. The Kier molecular flexibility index (Phi) is 4.18. The highest BCUT2D eigenvalue weighted by Crippen LogP contribution is 2.33. The number of benzene rings is 1. The van der Waals surface area contributed by atoms with Gasteiger partial charge >= 0.3 is 0 Å². The summed E-state index contributed by atoms with van der Waals surface area (Å²) >= 11 is 0. The van der Waals surface area contributed by atoms with Gasteiger partial charge in [-0.15, -0.1) is 0 Å². The van der Waals surface area contributed by atoms with E-state index in [4.69, 9.17) is 0 Å². The molecule has 0 aliphatic carbocycles. The molecule has 2 N–H and O–H groups in total. The van der Waals surface area contributed by atoms with Crippen LogP contribution < -0.4 is 10.7 Å². The van der Waals surface area contributed by atoms with E-state index in [0.717, 1.165) is 5.56 Å². The zero-order valence-electron chi connectivity index (χ0n) is 14.4. The first kappa shape index (κ1) is 17.3. The van der Waals surface area contributed by atoms with Gasteiger partial charge in [-0.25, -0.2) is 4.39 Å². The summed E-state index contributed by atoms with van der Waals surface area (Å²) in [5, 5.41) is 12.8. The number of rotatable bonds is 3. The molecule has 2 aliphatic rings. The van der Waals surface area contributed by atoms with Crippen molar-refractivity contribution in [3.63, 3.8) is 0 Å². The number of hydrogen-bond acceptors (Lipinski definition) is 4. The summed E-state index contributed by atoms with van der Waals surface area (Å²) in [6.45, 7) is 0.653. The molecule has 7 nitrogen and oxygen atoms in total. The fourth-order valence-electron chi connectivity index (χ4n) is 3.83. The van der Waals surface area contributed by atoms with Crippen LogP contribution in [0.2, 0.25) is 0 Å². The Balaban J connectivity index is 1.53. The quantitative estimate of drug-likeness (QED) is 0.842. The first-order valence-electron chi connectivity index (χ1n) is 8.73. The maximum atomic E-state index is 13.0. The molecule has 0 saturated carbocycles. The zero-order valence-corrected chi connectivity index (χ0v) is 14.4. The summed E-state index contributed by atoms with van der Waals surface area (Å²) in [7, 11) is 0. The lowest BCUT2D eigenvalue weighted by molar-refractivity contribution is -0.125. The minimum absolute atomic E-state index is 0.0722. The van der Waals surface area contributed by atoms with Gasteiger partial charge in [-0.2, -0.15) is 0 Å². The number of amides is 2. The average molecular weight is 371 g/mol. The van der Waals surface area contributed by atoms with Crippen LogP contribution in [0.4, 0.5) is 4.39 Å². The summed E-state index contributed by atoms with van der Waals surface area (Å²) in [5.74, 6) is -1.75. The number of hydrogen-bond donors (Lipinski definition) is 2. The van der Waals surface area contributed by atoms with Gasteiger partial charge in [-0.3, -0.25) is 14.4 Å². The molecule has 27 heavy (non-hydrogen) atoms. The topological polar surface area (TPSA) is 91.6 Å². The second-order valence-corrected chi connectivity index (χ2v) is 6.83. The van der Waals surface area contributed by atoms with Crippen LogP contribution in [-0.2, 0) is 17.9 Å². The molecular weight excluding hydrogens is 353 g/mol. The van der Waals surface area contributed by atoms with Crippen LogP contribution in [-0.4, -0.2) is 38.5 Å². The van der Waals surface area contributed by atoms with Crippen molar-refractivity contribution in [1.82, 2.24) is 14.8 Å². The maximum absolute atomic E-state index is 13.0. The molecule has 2 aromatic rings. The summed E-state index contributed by atoms with van der Waals surface area (Å²) in [4.78, 5) is 38.7. The Hall–Kier alpha value is -3.16. The fraction of sp³-hybridized carbons (Fsp3) is 0.316. The number of aromatic nitrogens is 1. The fourth-order valence-corrected chi connectivity index (χ4v) is 3.83. The molecule has 3 heterocycles. The van der Waals surface area contributed by atoms with E-state index in [-0.39, 0.29) is 30.0 Å². The Morgan fingerprint density at radius 2 is 1.93 bits per heavy atom. The van der Waals surface area contributed by atoms with Gasteiger partial charge in [0.25, 0.3) is 5.91 Å². The van der Waals surface area contributed by atoms with Crippen molar-refractivity contribution in [2.45, 2.75) is 38.0 Å². The molecular formula is C19H18FN3O4. The minimum Gasteiger partial charge on any atom is -0.503 e. The second-order valence-electron chi connectivity index (χ2n) is 6.83. The van der Waals surface area contributed by atoms with Gasteiger partial charge in [0.2, 0.25) is 11.3 Å². The molecule has 1 unspecified atom stereocenters. The number of aromatic hydroxyl groups is 1. The van der Waals surface area contributed by atoms with E-state index in [0.29, 0.717) is 19.4 Å². The molecule has 2 amide bonds. The average Bonchev–Trinajstić information content (AvgIpc) is 3.08. The van der Waals surface area contributed by atoms with Gasteiger partial charge in [0.05, 0.1) is 6.04 Å². The molecule has 2 aliphatic heterocycles. The minimum atomic E-state index is -0.661. The summed E-state index contributed by atoms with van der Waals surface area (Å²) < 4.78 is 14.5. The third-order valence-corrected chi connectivity index (χ3v) is 5.18. The number of nitrogens with one attached hydrogen (secondary N) is 1. The number of carbonyl (C=O) groups is 2. The third-order valence-electron chi connectivity index (χ3n) is 5.18. The first-order chi connectivity index (χ1) is 13.0. The van der Waals surface area contributed by atoms with Gasteiger partial charge in [-0.1, -0.05) is 12.1 Å². The summed E-state index contributed by atoms with van der Waals surface area (Å²) in [5.41, 5.74) is 0.0559. The van der Waals surface area contributed by atoms with Crippen molar-refractivity contribution in [3.8, 4) is 5.75 Å². The van der Waals surface area contributed by atoms with Crippen molar-refractivity contribution >= 4 is 11.8 Å². The van der Waals surface area contributed by atoms with Crippen molar-refractivity contribution in [2.75, 3.05) is 0 Å². The number of carbonyl (C=O) groups excluding carboxylic acids is 2. The predicted octanol–water partition coefficient (Wildman–Crippen LogP) is 0.996. The van der Waals surface area contributed by atoms with Crippen molar-refractivity contribution in [2.24, 2.45) is 0 Å². The molecule has 1 aromatic heterocycles. The van der Waals surface area contributed by atoms with Gasteiger partial charge in [-0.05, 0) is 30.5 Å². The lowest BCUT2D eigenvalue weighted by Crippen LogP contribution is -2.53.